The monoisotopic (exact) mass is 210 g/mol. The van der Waals surface area contributed by atoms with Gasteiger partial charge < -0.3 is 9.47 Å². The van der Waals surface area contributed by atoms with Crippen molar-refractivity contribution in [1.29, 1.82) is 0 Å². The first-order valence-corrected chi connectivity index (χ1v) is 6.08. The molecule has 0 N–H and O–H groups in total. The smallest absolute Gasteiger partial charge is 0.341 e. The van der Waals surface area contributed by atoms with E-state index in [9.17, 15) is 4.79 Å². The Hall–Kier alpha value is -0.570. The van der Waals surface area contributed by atoms with Crippen molar-refractivity contribution >= 4 is 5.97 Å². The van der Waals surface area contributed by atoms with E-state index in [1.807, 2.05) is 0 Å². The van der Waals surface area contributed by atoms with Crippen LogP contribution in [0.15, 0.2) is 0 Å². The molecule has 3 heteroatoms. The SMILES string of the molecule is CC12CCCCCC1(C(=O)OC1CC1)O2. The lowest BCUT2D eigenvalue weighted by molar-refractivity contribution is -0.151. The maximum Gasteiger partial charge on any atom is 0.341 e. The van der Waals surface area contributed by atoms with Crippen LogP contribution in [0.4, 0.5) is 0 Å². The summed E-state index contributed by atoms with van der Waals surface area (Å²) in [6.07, 6.45) is 7.63. The van der Waals surface area contributed by atoms with Crippen molar-refractivity contribution in [3.8, 4) is 0 Å². The molecule has 0 spiro atoms. The Kier molecular flexibility index (Phi) is 1.91. The van der Waals surface area contributed by atoms with Crippen molar-refractivity contribution in [2.75, 3.05) is 0 Å². The zero-order valence-electron chi connectivity index (χ0n) is 9.25. The fourth-order valence-electron chi connectivity index (χ4n) is 2.73. The molecule has 0 aromatic carbocycles. The first kappa shape index (κ1) is 9.64. The lowest BCUT2D eigenvalue weighted by Crippen LogP contribution is -2.34. The van der Waals surface area contributed by atoms with Crippen LogP contribution in [0.3, 0.4) is 0 Å². The number of ether oxygens (including phenoxy) is 2. The first-order valence-electron chi connectivity index (χ1n) is 6.08. The van der Waals surface area contributed by atoms with E-state index in [4.69, 9.17) is 9.47 Å². The number of carbonyl (C=O) groups is 1. The van der Waals surface area contributed by atoms with Crippen LogP contribution in [-0.4, -0.2) is 23.3 Å². The standard InChI is InChI=1S/C12H18O3/c1-11-7-3-2-4-8-12(11,15-11)10(13)14-9-5-6-9/h9H,2-8H2,1H3. The van der Waals surface area contributed by atoms with E-state index in [2.05, 4.69) is 6.92 Å². The largest absolute Gasteiger partial charge is 0.460 e. The van der Waals surface area contributed by atoms with E-state index in [0.717, 1.165) is 32.1 Å². The van der Waals surface area contributed by atoms with E-state index in [1.165, 1.54) is 12.8 Å². The molecule has 0 aromatic rings. The highest BCUT2D eigenvalue weighted by Crippen LogP contribution is 2.57. The zero-order chi connectivity index (χ0) is 10.5. The van der Waals surface area contributed by atoms with Gasteiger partial charge in [0, 0.05) is 0 Å². The second-order valence-corrected chi connectivity index (χ2v) is 5.33. The number of hydrogen-bond acceptors (Lipinski definition) is 3. The lowest BCUT2D eigenvalue weighted by Gasteiger charge is -2.13. The Morgan fingerprint density at radius 2 is 2.00 bits per heavy atom. The van der Waals surface area contributed by atoms with Crippen LogP contribution in [0.25, 0.3) is 0 Å². The van der Waals surface area contributed by atoms with Gasteiger partial charge in [-0.1, -0.05) is 12.8 Å². The molecule has 15 heavy (non-hydrogen) atoms. The summed E-state index contributed by atoms with van der Waals surface area (Å²) in [5, 5.41) is 0. The van der Waals surface area contributed by atoms with Crippen LogP contribution < -0.4 is 0 Å². The highest BCUT2D eigenvalue weighted by molar-refractivity contribution is 5.85. The summed E-state index contributed by atoms with van der Waals surface area (Å²) in [4.78, 5) is 12.0. The van der Waals surface area contributed by atoms with Crippen LogP contribution >= 0.6 is 0 Å². The first-order chi connectivity index (χ1) is 7.16. The zero-order valence-corrected chi connectivity index (χ0v) is 9.25. The minimum absolute atomic E-state index is 0.0885. The third kappa shape index (κ3) is 1.40. The molecule has 3 aliphatic rings. The van der Waals surface area contributed by atoms with Crippen LogP contribution in [0.5, 0.6) is 0 Å². The van der Waals surface area contributed by atoms with Gasteiger partial charge in [-0.05, 0) is 39.0 Å². The van der Waals surface area contributed by atoms with Gasteiger partial charge >= 0.3 is 5.97 Å². The molecule has 3 nitrogen and oxygen atoms in total. The molecule has 2 unspecified atom stereocenters. The third-order valence-corrected chi connectivity index (χ3v) is 4.02. The minimum atomic E-state index is -0.563. The van der Waals surface area contributed by atoms with Gasteiger partial charge in [-0.3, -0.25) is 0 Å². The van der Waals surface area contributed by atoms with Gasteiger partial charge in [0.2, 0.25) is 0 Å². The molecular formula is C12H18O3. The summed E-state index contributed by atoms with van der Waals surface area (Å²) in [5.41, 5.74) is -0.776. The van der Waals surface area contributed by atoms with Gasteiger partial charge in [-0.25, -0.2) is 4.79 Å². The average molecular weight is 210 g/mol. The molecule has 84 valence electrons. The molecule has 0 bridgehead atoms. The van der Waals surface area contributed by atoms with E-state index >= 15 is 0 Å². The van der Waals surface area contributed by atoms with E-state index in [0.29, 0.717) is 0 Å². The topological polar surface area (TPSA) is 38.8 Å². The van der Waals surface area contributed by atoms with Crippen LogP contribution in [0.1, 0.15) is 51.9 Å². The predicted octanol–water partition coefficient (Wildman–Crippen LogP) is 2.18. The summed E-state index contributed by atoms with van der Waals surface area (Å²) < 4.78 is 11.2. The maximum absolute atomic E-state index is 12.0. The quantitative estimate of drug-likeness (QED) is 0.518. The fraction of sp³-hybridized carbons (Fsp3) is 0.917. The summed E-state index contributed by atoms with van der Waals surface area (Å²) in [5.74, 6) is -0.0885. The second-order valence-electron chi connectivity index (χ2n) is 5.33. The number of hydrogen-bond donors (Lipinski definition) is 0. The van der Waals surface area contributed by atoms with E-state index in [-0.39, 0.29) is 17.7 Å². The molecule has 2 aliphatic carbocycles. The number of esters is 1. The Morgan fingerprint density at radius 3 is 2.73 bits per heavy atom. The molecular weight excluding hydrogens is 192 g/mol. The van der Waals surface area contributed by atoms with Gasteiger partial charge in [0.25, 0.3) is 0 Å². The van der Waals surface area contributed by atoms with Gasteiger partial charge in [-0.15, -0.1) is 0 Å². The normalized spacial score (nSPS) is 44.1. The fourth-order valence-corrected chi connectivity index (χ4v) is 2.73. The van der Waals surface area contributed by atoms with Gasteiger partial charge in [-0.2, -0.15) is 0 Å². The molecule has 0 amide bonds. The van der Waals surface area contributed by atoms with Crippen molar-refractivity contribution in [2.24, 2.45) is 0 Å². The molecule has 1 aliphatic heterocycles. The van der Waals surface area contributed by atoms with Crippen molar-refractivity contribution in [1.82, 2.24) is 0 Å². The Labute approximate surface area is 90.1 Å². The van der Waals surface area contributed by atoms with Crippen LogP contribution in [0, 0.1) is 0 Å². The molecule has 2 saturated carbocycles. The summed E-state index contributed by atoms with van der Waals surface area (Å²) >= 11 is 0. The maximum atomic E-state index is 12.0. The second kappa shape index (κ2) is 2.97. The van der Waals surface area contributed by atoms with Crippen LogP contribution in [-0.2, 0) is 14.3 Å². The number of epoxide rings is 1. The Balaban J connectivity index is 1.74. The van der Waals surface area contributed by atoms with Crippen molar-refractivity contribution < 1.29 is 14.3 Å². The Morgan fingerprint density at radius 1 is 1.27 bits per heavy atom. The van der Waals surface area contributed by atoms with E-state index in [1.54, 1.807) is 0 Å². The summed E-state index contributed by atoms with van der Waals surface area (Å²) in [6.45, 7) is 2.06. The summed E-state index contributed by atoms with van der Waals surface area (Å²) in [6, 6.07) is 0. The summed E-state index contributed by atoms with van der Waals surface area (Å²) in [7, 11) is 0. The van der Waals surface area contributed by atoms with Crippen LogP contribution in [0.2, 0.25) is 0 Å². The molecule has 2 atom stereocenters. The van der Waals surface area contributed by atoms with Gasteiger partial charge in [0.1, 0.15) is 11.7 Å². The molecule has 0 aromatic heterocycles. The predicted molar refractivity (Wildman–Crippen MR) is 54.4 cm³/mol. The van der Waals surface area contributed by atoms with Gasteiger partial charge in [0.05, 0.1) is 0 Å². The number of carbonyl (C=O) groups excluding carboxylic acids is 1. The third-order valence-electron chi connectivity index (χ3n) is 4.02. The highest BCUT2D eigenvalue weighted by Gasteiger charge is 2.72. The molecule has 3 rings (SSSR count). The highest BCUT2D eigenvalue weighted by atomic mass is 16.7. The molecule has 1 saturated heterocycles. The van der Waals surface area contributed by atoms with Crippen molar-refractivity contribution in [3.05, 3.63) is 0 Å². The molecule has 1 heterocycles. The van der Waals surface area contributed by atoms with E-state index < -0.39 is 5.60 Å². The number of fused-ring (bicyclic) bond motifs is 1. The number of rotatable bonds is 2. The lowest BCUT2D eigenvalue weighted by atomic mass is 9.90. The molecule has 3 fully saturated rings. The van der Waals surface area contributed by atoms with Crippen molar-refractivity contribution in [3.63, 3.8) is 0 Å². The van der Waals surface area contributed by atoms with Crippen molar-refractivity contribution in [2.45, 2.75) is 69.2 Å². The Bertz CT molecular complexity index is 297. The average Bonchev–Trinajstić information content (AvgIpc) is 3.00. The minimum Gasteiger partial charge on any atom is -0.460 e. The van der Waals surface area contributed by atoms with Gasteiger partial charge in [0.15, 0.2) is 5.60 Å². The molecule has 0 radical (unpaired) electrons.